The Morgan fingerprint density at radius 2 is 1.47 bits per heavy atom. The second-order valence-corrected chi connectivity index (χ2v) is 4.59. The van der Waals surface area contributed by atoms with Gasteiger partial charge in [-0.3, -0.25) is 0 Å². The van der Waals surface area contributed by atoms with Crippen LogP contribution < -0.4 is 5.32 Å². The maximum absolute atomic E-state index is 9.14. The van der Waals surface area contributed by atoms with Gasteiger partial charge in [-0.25, -0.2) is 0 Å². The number of phenolic OH excluding ortho intramolecular Hbond substituents is 1. The molecule has 0 atom stereocenters. The average Bonchev–Trinajstić information content (AvgIpc) is 2.35. The number of nitrogens with one attached hydrogen (secondary N) is 1. The zero-order valence-corrected chi connectivity index (χ0v) is 10.9. The van der Waals surface area contributed by atoms with Crippen molar-refractivity contribution in [2.24, 2.45) is 0 Å². The molecule has 0 spiro atoms. The van der Waals surface area contributed by atoms with E-state index in [0.29, 0.717) is 5.75 Å². The molecule has 0 unspecified atom stereocenters. The first kappa shape index (κ1) is 13.9. The fourth-order valence-electron chi connectivity index (χ4n) is 1.89. The van der Waals surface area contributed by atoms with Crippen LogP contribution in [-0.2, 0) is 0 Å². The number of benzene rings is 1. The molecule has 0 heterocycles. The topological polar surface area (TPSA) is 32.3 Å². The van der Waals surface area contributed by atoms with Crippen LogP contribution in [0.5, 0.6) is 5.75 Å². The Labute approximate surface area is 105 Å². The van der Waals surface area contributed by atoms with Gasteiger partial charge in [0.1, 0.15) is 5.75 Å². The second kappa shape index (κ2) is 8.91. The van der Waals surface area contributed by atoms with Crippen molar-refractivity contribution in [3.63, 3.8) is 0 Å². The van der Waals surface area contributed by atoms with E-state index in [-0.39, 0.29) is 0 Å². The Morgan fingerprint density at radius 3 is 2.12 bits per heavy atom. The molecule has 0 radical (unpaired) electrons. The van der Waals surface area contributed by atoms with Crippen LogP contribution in [-0.4, -0.2) is 11.7 Å². The third-order valence-corrected chi connectivity index (χ3v) is 2.98. The number of hydrogen-bond acceptors (Lipinski definition) is 2. The minimum absolute atomic E-state index is 0.325. The van der Waals surface area contributed by atoms with Gasteiger partial charge < -0.3 is 10.4 Å². The van der Waals surface area contributed by atoms with E-state index in [1.165, 1.54) is 44.9 Å². The maximum Gasteiger partial charge on any atom is 0.115 e. The van der Waals surface area contributed by atoms with E-state index in [0.717, 1.165) is 12.2 Å². The lowest BCUT2D eigenvalue weighted by Crippen LogP contribution is -2.00. The van der Waals surface area contributed by atoms with Crippen molar-refractivity contribution in [1.29, 1.82) is 0 Å². The average molecular weight is 235 g/mol. The van der Waals surface area contributed by atoms with E-state index in [4.69, 9.17) is 5.11 Å². The lowest BCUT2D eigenvalue weighted by Gasteiger charge is -2.06. The monoisotopic (exact) mass is 235 g/mol. The van der Waals surface area contributed by atoms with Gasteiger partial charge in [0.2, 0.25) is 0 Å². The fraction of sp³-hybridized carbons (Fsp3) is 0.600. The molecule has 17 heavy (non-hydrogen) atoms. The van der Waals surface area contributed by atoms with Gasteiger partial charge in [0.25, 0.3) is 0 Å². The third kappa shape index (κ3) is 6.88. The van der Waals surface area contributed by atoms with E-state index in [1.54, 1.807) is 12.1 Å². The quantitative estimate of drug-likeness (QED) is 0.486. The predicted octanol–water partition coefficient (Wildman–Crippen LogP) is 4.55. The van der Waals surface area contributed by atoms with Gasteiger partial charge in [-0.05, 0) is 30.7 Å². The van der Waals surface area contributed by atoms with Crippen molar-refractivity contribution in [3.8, 4) is 5.75 Å². The molecule has 0 aromatic heterocycles. The van der Waals surface area contributed by atoms with Gasteiger partial charge in [-0.15, -0.1) is 0 Å². The summed E-state index contributed by atoms with van der Waals surface area (Å²) >= 11 is 0. The zero-order valence-electron chi connectivity index (χ0n) is 10.9. The Morgan fingerprint density at radius 1 is 0.882 bits per heavy atom. The Bertz CT molecular complexity index is 281. The minimum Gasteiger partial charge on any atom is -0.508 e. The summed E-state index contributed by atoms with van der Waals surface area (Å²) < 4.78 is 0. The molecule has 1 aromatic carbocycles. The van der Waals surface area contributed by atoms with Crippen LogP contribution in [0.2, 0.25) is 0 Å². The SMILES string of the molecule is CCCCCCCCCNc1ccc(O)cc1. The molecule has 0 aliphatic rings. The van der Waals surface area contributed by atoms with Gasteiger partial charge in [0.05, 0.1) is 0 Å². The molecule has 0 fully saturated rings. The maximum atomic E-state index is 9.14. The van der Waals surface area contributed by atoms with E-state index in [1.807, 2.05) is 12.1 Å². The normalized spacial score (nSPS) is 10.4. The molecule has 2 N–H and O–H groups in total. The number of anilines is 1. The number of phenols is 1. The molecule has 0 bridgehead atoms. The van der Waals surface area contributed by atoms with Crippen LogP contribution in [0, 0.1) is 0 Å². The Balaban J connectivity index is 1.95. The summed E-state index contributed by atoms with van der Waals surface area (Å²) in [6.45, 7) is 3.28. The molecular weight excluding hydrogens is 210 g/mol. The standard InChI is InChI=1S/C15H25NO/c1-2-3-4-5-6-7-8-13-16-14-9-11-15(17)12-10-14/h9-12,16-17H,2-8,13H2,1H3. The smallest absolute Gasteiger partial charge is 0.115 e. The number of aromatic hydroxyl groups is 1. The van der Waals surface area contributed by atoms with Crippen LogP contribution in [0.3, 0.4) is 0 Å². The molecular formula is C15H25NO. The number of unbranched alkanes of at least 4 members (excludes halogenated alkanes) is 6. The van der Waals surface area contributed by atoms with Crippen molar-refractivity contribution in [2.45, 2.75) is 51.9 Å². The van der Waals surface area contributed by atoms with E-state index in [2.05, 4.69) is 12.2 Å². The van der Waals surface area contributed by atoms with Crippen LogP contribution in [0.1, 0.15) is 51.9 Å². The molecule has 2 nitrogen and oxygen atoms in total. The summed E-state index contributed by atoms with van der Waals surface area (Å²) in [6, 6.07) is 7.26. The molecule has 0 amide bonds. The van der Waals surface area contributed by atoms with Crippen molar-refractivity contribution < 1.29 is 5.11 Å². The van der Waals surface area contributed by atoms with Crippen LogP contribution in [0.25, 0.3) is 0 Å². The van der Waals surface area contributed by atoms with Gasteiger partial charge in [0, 0.05) is 12.2 Å². The zero-order chi connectivity index (χ0) is 12.3. The minimum atomic E-state index is 0.325. The highest BCUT2D eigenvalue weighted by atomic mass is 16.3. The first-order valence-electron chi connectivity index (χ1n) is 6.86. The highest BCUT2D eigenvalue weighted by molar-refractivity contribution is 5.45. The van der Waals surface area contributed by atoms with E-state index in [9.17, 15) is 0 Å². The van der Waals surface area contributed by atoms with Gasteiger partial charge in [0.15, 0.2) is 0 Å². The summed E-state index contributed by atoms with van der Waals surface area (Å²) in [5, 5.41) is 12.5. The third-order valence-electron chi connectivity index (χ3n) is 2.98. The van der Waals surface area contributed by atoms with Crippen LogP contribution >= 0.6 is 0 Å². The number of rotatable bonds is 9. The van der Waals surface area contributed by atoms with Gasteiger partial charge in [-0.1, -0.05) is 45.4 Å². The first-order chi connectivity index (χ1) is 8.33. The van der Waals surface area contributed by atoms with Crippen molar-refractivity contribution in [2.75, 3.05) is 11.9 Å². The van der Waals surface area contributed by atoms with Gasteiger partial charge in [-0.2, -0.15) is 0 Å². The highest BCUT2D eigenvalue weighted by Gasteiger charge is 1.93. The summed E-state index contributed by atoms with van der Waals surface area (Å²) in [6.07, 6.45) is 9.38. The predicted molar refractivity (Wildman–Crippen MR) is 74.6 cm³/mol. The molecule has 2 heteroatoms. The Hall–Kier alpha value is -1.18. The largest absolute Gasteiger partial charge is 0.508 e. The van der Waals surface area contributed by atoms with E-state index >= 15 is 0 Å². The molecule has 0 aliphatic carbocycles. The summed E-state index contributed by atoms with van der Waals surface area (Å²) in [4.78, 5) is 0. The van der Waals surface area contributed by atoms with E-state index < -0.39 is 0 Å². The molecule has 1 rings (SSSR count). The summed E-state index contributed by atoms with van der Waals surface area (Å²) in [7, 11) is 0. The first-order valence-corrected chi connectivity index (χ1v) is 6.86. The van der Waals surface area contributed by atoms with Crippen molar-refractivity contribution >= 4 is 5.69 Å². The number of hydrogen-bond donors (Lipinski definition) is 2. The molecule has 0 aliphatic heterocycles. The Kier molecular flexibility index (Phi) is 7.28. The molecule has 0 saturated carbocycles. The molecule has 0 saturated heterocycles. The van der Waals surface area contributed by atoms with Crippen LogP contribution in [0.15, 0.2) is 24.3 Å². The molecule has 1 aromatic rings. The lowest BCUT2D eigenvalue weighted by molar-refractivity contribution is 0.475. The highest BCUT2D eigenvalue weighted by Crippen LogP contribution is 2.14. The second-order valence-electron chi connectivity index (χ2n) is 4.59. The van der Waals surface area contributed by atoms with Crippen molar-refractivity contribution in [1.82, 2.24) is 0 Å². The summed E-state index contributed by atoms with van der Waals surface area (Å²) in [5.41, 5.74) is 1.09. The molecule has 96 valence electrons. The lowest BCUT2D eigenvalue weighted by atomic mass is 10.1. The summed E-state index contributed by atoms with van der Waals surface area (Å²) in [5.74, 6) is 0.325. The van der Waals surface area contributed by atoms with Crippen molar-refractivity contribution in [3.05, 3.63) is 24.3 Å². The fourth-order valence-corrected chi connectivity index (χ4v) is 1.89. The van der Waals surface area contributed by atoms with Crippen LogP contribution in [0.4, 0.5) is 5.69 Å². The van der Waals surface area contributed by atoms with Gasteiger partial charge >= 0.3 is 0 Å².